The molecule has 0 aliphatic carbocycles. The summed E-state index contributed by atoms with van der Waals surface area (Å²) in [5.74, 6) is -0.0660. The summed E-state index contributed by atoms with van der Waals surface area (Å²) >= 11 is 0. The third-order valence-corrected chi connectivity index (χ3v) is 7.02. The Morgan fingerprint density at radius 2 is 1.83 bits per heavy atom. The van der Waals surface area contributed by atoms with Gasteiger partial charge in [0.05, 0.1) is 27.6 Å². The predicted octanol–water partition coefficient (Wildman–Crippen LogP) is 3.41. The molecule has 1 aromatic heterocycles. The van der Waals surface area contributed by atoms with E-state index in [1.54, 1.807) is 50.2 Å². The maximum Gasteiger partial charge on any atom is 0.308 e. The Balaban J connectivity index is 1.86. The normalized spacial score (nSPS) is 11.8. The molecule has 0 saturated carbocycles. The molecule has 2 aromatic carbocycles. The van der Waals surface area contributed by atoms with Crippen molar-refractivity contribution < 1.29 is 22.7 Å². The standard InChI is InChI=1S/C24H25N5O5S/c1-15(2)35(31,32)18-11-9-17(10-12-18)20-13-27-23(25)21(28-20)14-33-24(29-26-4)19-7-5-6-8-22(19)34-16(3)30/h5-13,15H,4,14H2,1-3H3,(H2,25,27)/b29-24-. The van der Waals surface area contributed by atoms with E-state index in [0.29, 0.717) is 22.5 Å². The Bertz CT molecular complexity index is 1370. The SMILES string of the molecule is C=N/N=C(\OCc1nc(-c2ccc(S(=O)(=O)C(C)C)cc2)cnc1N)c1ccccc1OC(C)=O. The molecule has 0 spiro atoms. The molecule has 10 nitrogen and oxygen atoms in total. The molecule has 1 heterocycles. The zero-order chi connectivity index (χ0) is 25.6. The predicted molar refractivity (Wildman–Crippen MR) is 133 cm³/mol. The molecule has 0 amide bonds. The van der Waals surface area contributed by atoms with E-state index in [1.165, 1.54) is 25.3 Å². The lowest BCUT2D eigenvalue weighted by Gasteiger charge is -2.13. The molecule has 0 saturated heterocycles. The van der Waals surface area contributed by atoms with Crippen LogP contribution < -0.4 is 10.5 Å². The van der Waals surface area contributed by atoms with E-state index in [2.05, 4.69) is 26.9 Å². The van der Waals surface area contributed by atoms with Gasteiger partial charge in [-0.2, -0.15) is 5.10 Å². The Morgan fingerprint density at radius 1 is 1.14 bits per heavy atom. The lowest BCUT2D eigenvalue weighted by Crippen LogP contribution is -2.14. The van der Waals surface area contributed by atoms with Crippen LogP contribution in [0.15, 0.2) is 69.8 Å². The second-order valence-corrected chi connectivity index (χ2v) is 10.1. The quantitative estimate of drug-likeness (QED) is 0.164. The van der Waals surface area contributed by atoms with Crippen LogP contribution in [-0.4, -0.2) is 42.2 Å². The van der Waals surface area contributed by atoms with E-state index in [0.717, 1.165) is 0 Å². The van der Waals surface area contributed by atoms with Gasteiger partial charge in [-0.15, -0.1) is 5.10 Å². The summed E-state index contributed by atoms with van der Waals surface area (Å²) in [6.07, 6.45) is 1.49. The average molecular weight is 496 g/mol. The van der Waals surface area contributed by atoms with E-state index in [9.17, 15) is 13.2 Å². The van der Waals surface area contributed by atoms with Gasteiger partial charge in [-0.1, -0.05) is 24.3 Å². The van der Waals surface area contributed by atoms with Crippen LogP contribution in [0.4, 0.5) is 5.82 Å². The van der Waals surface area contributed by atoms with Crippen LogP contribution >= 0.6 is 0 Å². The number of hydrogen-bond donors (Lipinski definition) is 1. The minimum Gasteiger partial charge on any atom is -0.469 e. The van der Waals surface area contributed by atoms with Crippen molar-refractivity contribution in [1.82, 2.24) is 9.97 Å². The van der Waals surface area contributed by atoms with Crippen molar-refractivity contribution in [3.8, 4) is 17.0 Å². The van der Waals surface area contributed by atoms with Gasteiger partial charge in [-0.05, 0) is 38.1 Å². The molecule has 0 aliphatic heterocycles. The number of aromatic nitrogens is 2. The average Bonchev–Trinajstić information content (AvgIpc) is 2.83. The summed E-state index contributed by atoms with van der Waals surface area (Å²) in [6, 6.07) is 13.1. The number of para-hydroxylation sites is 1. The van der Waals surface area contributed by atoms with Crippen LogP contribution in [0.2, 0.25) is 0 Å². The third-order valence-electron chi connectivity index (χ3n) is 4.85. The summed E-state index contributed by atoms with van der Waals surface area (Å²) < 4.78 is 35.8. The number of hydrogen-bond acceptors (Lipinski definition) is 10. The van der Waals surface area contributed by atoms with Gasteiger partial charge in [-0.3, -0.25) is 4.79 Å². The first-order valence-corrected chi connectivity index (χ1v) is 12.1. The fourth-order valence-electron chi connectivity index (χ4n) is 3.02. The number of rotatable bonds is 8. The molecule has 11 heteroatoms. The summed E-state index contributed by atoms with van der Waals surface area (Å²) in [7, 11) is -3.39. The Hall–Kier alpha value is -4.12. The molecular formula is C24H25N5O5S. The highest BCUT2D eigenvalue weighted by Gasteiger charge is 2.19. The number of nitrogens with two attached hydrogens (primary N) is 1. The van der Waals surface area contributed by atoms with Crippen molar-refractivity contribution in [1.29, 1.82) is 0 Å². The molecule has 3 aromatic rings. The van der Waals surface area contributed by atoms with E-state index in [-0.39, 0.29) is 29.0 Å². The number of carbonyl (C=O) groups excluding carboxylic acids is 1. The first-order valence-electron chi connectivity index (χ1n) is 10.5. The molecule has 35 heavy (non-hydrogen) atoms. The largest absolute Gasteiger partial charge is 0.469 e. The van der Waals surface area contributed by atoms with Crippen molar-refractivity contribution in [2.24, 2.45) is 10.2 Å². The van der Waals surface area contributed by atoms with E-state index in [1.807, 2.05) is 0 Å². The zero-order valence-electron chi connectivity index (χ0n) is 19.5. The van der Waals surface area contributed by atoms with Crippen molar-refractivity contribution in [3.63, 3.8) is 0 Å². The summed E-state index contributed by atoms with van der Waals surface area (Å²) in [6.45, 7) is 7.79. The minimum atomic E-state index is -3.39. The maximum atomic E-state index is 12.4. The Morgan fingerprint density at radius 3 is 2.46 bits per heavy atom. The molecule has 0 fully saturated rings. The number of nitrogen functional groups attached to an aromatic ring is 1. The van der Waals surface area contributed by atoms with Crippen molar-refractivity contribution in [2.45, 2.75) is 37.5 Å². The molecule has 0 atom stereocenters. The number of anilines is 1. The van der Waals surface area contributed by atoms with E-state index >= 15 is 0 Å². The second-order valence-electron chi connectivity index (χ2n) is 7.63. The molecule has 0 bridgehead atoms. The number of nitrogens with zero attached hydrogens (tertiary/aromatic N) is 4. The van der Waals surface area contributed by atoms with Crippen LogP contribution in [0.1, 0.15) is 32.0 Å². The van der Waals surface area contributed by atoms with Gasteiger partial charge >= 0.3 is 5.97 Å². The molecule has 182 valence electrons. The smallest absolute Gasteiger partial charge is 0.308 e. The van der Waals surface area contributed by atoms with Crippen molar-refractivity contribution >= 4 is 34.2 Å². The lowest BCUT2D eigenvalue weighted by molar-refractivity contribution is -0.131. The van der Waals surface area contributed by atoms with Crippen LogP contribution in [0, 0.1) is 0 Å². The van der Waals surface area contributed by atoms with Crippen molar-refractivity contribution in [2.75, 3.05) is 5.73 Å². The molecule has 2 N–H and O–H groups in total. The van der Waals surface area contributed by atoms with Gasteiger partial charge in [0.15, 0.2) is 9.84 Å². The monoisotopic (exact) mass is 495 g/mol. The Labute approximate surface area is 203 Å². The highest BCUT2D eigenvalue weighted by Crippen LogP contribution is 2.24. The number of esters is 1. The second kappa shape index (κ2) is 10.9. The number of carbonyl (C=O) groups is 1. The summed E-state index contributed by atoms with van der Waals surface area (Å²) in [5, 5.41) is 6.91. The van der Waals surface area contributed by atoms with Crippen LogP contribution in [-0.2, 0) is 26.0 Å². The number of sulfone groups is 1. The zero-order valence-corrected chi connectivity index (χ0v) is 20.3. The first-order chi connectivity index (χ1) is 16.6. The molecule has 0 unspecified atom stereocenters. The fourth-order valence-corrected chi connectivity index (χ4v) is 4.08. The summed E-state index contributed by atoms with van der Waals surface area (Å²) in [4.78, 5) is 20.4. The van der Waals surface area contributed by atoms with E-state index in [4.69, 9.17) is 15.2 Å². The first kappa shape index (κ1) is 25.5. The van der Waals surface area contributed by atoms with E-state index < -0.39 is 21.1 Å². The van der Waals surface area contributed by atoms with Gasteiger partial charge in [0.25, 0.3) is 0 Å². The van der Waals surface area contributed by atoms with Gasteiger partial charge < -0.3 is 15.2 Å². The number of ether oxygens (including phenoxy) is 2. The topological polar surface area (TPSA) is 146 Å². The Kier molecular flexibility index (Phi) is 7.92. The highest BCUT2D eigenvalue weighted by atomic mass is 32.2. The third kappa shape index (κ3) is 6.07. The number of benzene rings is 2. The lowest BCUT2D eigenvalue weighted by atomic mass is 10.1. The van der Waals surface area contributed by atoms with Gasteiger partial charge in [-0.25, -0.2) is 18.4 Å². The summed E-state index contributed by atoms with van der Waals surface area (Å²) in [5.41, 5.74) is 7.84. The van der Waals surface area contributed by atoms with Gasteiger partial charge in [0.1, 0.15) is 23.9 Å². The molecular weight excluding hydrogens is 470 g/mol. The molecule has 0 aliphatic rings. The molecule has 0 radical (unpaired) electrons. The van der Waals surface area contributed by atoms with Gasteiger partial charge in [0.2, 0.25) is 5.90 Å². The fraction of sp³-hybridized carbons (Fsp3) is 0.208. The minimum absolute atomic E-state index is 0.0479. The van der Waals surface area contributed by atoms with Crippen LogP contribution in [0.5, 0.6) is 5.75 Å². The maximum absolute atomic E-state index is 12.4. The molecule has 3 rings (SSSR count). The van der Waals surface area contributed by atoms with Crippen molar-refractivity contribution in [3.05, 3.63) is 66.0 Å². The van der Waals surface area contributed by atoms with Crippen LogP contribution in [0.3, 0.4) is 0 Å². The van der Waals surface area contributed by atoms with Crippen LogP contribution in [0.25, 0.3) is 11.3 Å². The van der Waals surface area contributed by atoms with Gasteiger partial charge in [0, 0.05) is 19.2 Å². The highest BCUT2D eigenvalue weighted by molar-refractivity contribution is 7.92.